The van der Waals surface area contributed by atoms with Gasteiger partial charge in [-0.25, -0.2) is 0 Å². The van der Waals surface area contributed by atoms with Crippen molar-refractivity contribution in [1.82, 2.24) is 0 Å². The Kier molecular flexibility index (Phi) is 5.52. The van der Waals surface area contributed by atoms with Gasteiger partial charge in [0.05, 0.1) is 5.69 Å². The maximum atomic E-state index is 6.00. The fourth-order valence-electron chi connectivity index (χ4n) is 2.50. The van der Waals surface area contributed by atoms with Crippen molar-refractivity contribution in [2.24, 2.45) is 4.99 Å². The molecule has 3 aromatic carbocycles. The van der Waals surface area contributed by atoms with Crippen LogP contribution in [0.3, 0.4) is 0 Å². The molecule has 3 heteroatoms. The van der Waals surface area contributed by atoms with Crippen LogP contribution in [-0.2, 0) is 6.61 Å². The smallest absolute Gasteiger partial charge is 0.120 e. The van der Waals surface area contributed by atoms with Crippen LogP contribution in [0, 0.1) is 13.8 Å². The molecule has 0 aromatic heterocycles. The van der Waals surface area contributed by atoms with Crippen LogP contribution < -0.4 is 4.74 Å². The van der Waals surface area contributed by atoms with Crippen molar-refractivity contribution in [3.05, 3.63) is 94.0 Å². The summed E-state index contributed by atoms with van der Waals surface area (Å²) >= 11 is 6.00. The number of rotatable bonds is 5. The second-order valence-electron chi connectivity index (χ2n) is 5.97. The summed E-state index contributed by atoms with van der Waals surface area (Å²) in [7, 11) is 0. The molecule has 3 rings (SSSR count). The van der Waals surface area contributed by atoms with Crippen LogP contribution in [0.15, 0.2) is 71.7 Å². The summed E-state index contributed by atoms with van der Waals surface area (Å²) in [6.45, 7) is 4.67. The summed E-state index contributed by atoms with van der Waals surface area (Å²) in [4.78, 5) is 4.61. The van der Waals surface area contributed by atoms with E-state index in [-0.39, 0.29) is 0 Å². The summed E-state index contributed by atoms with van der Waals surface area (Å²) in [5.74, 6) is 0.810. The number of aliphatic imine (C=N–C) groups is 1. The second-order valence-corrected chi connectivity index (χ2v) is 6.40. The Morgan fingerprint density at radius 2 is 1.76 bits per heavy atom. The van der Waals surface area contributed by atoms with Gasteiger partial charge in [0, 0.05) is 11.2 Å². The van der Waals surface area contributed by atoms with Crippen molar-refractivity contribution in [2.75, 3.05) is 0 Å². The van der Waals surface area contributed by atoms with Gasteiger partial charge >= 0.3 is 0 Å². The van der Waals surface area contributed by atoms with Crippen molar-refractivity contribution in [3.8, 4) is 5.75 Å². The first-order valence-corrected chi connectivity index (χ1v) is 8.57. The van der Waals surface area contributed by atoms with Crippen molar-refractivity contribution in [1.29, 1.82) is 0 Å². The SMILES string of the molecule is Cc1cccc(N=Cc2cccc(OCc3cccc(Cl)c3)c2)c1C. The lowest BCUT2D eigenvalue weighted by molar-refractivity contribution is 0.306. The molecule has 0 saturated heterocycles. The molecule has 2 nitrogen and oxygen atoms in total. The maximum Gasteiger partial charge on any atom is 0.120 e. The van der Waals surface area contributed by atoms with Gasteiger partial charge in [-0.1, -0.05) is 48.0 Å². The average molecular weight is 350 g/mol. The molecule has 126 valence electrons. The van der Waals surface area contributed by atoms with E-state index in [2.05, 4.69) is 24.9 Å². The molecule has 0 aliphatic rings. The van der Waals surface area contributed by atoms with E-state index < -0.39 is 0 Å². The quantitative estimate of drug-likeness (QED) is 0.496. The molecule has 0 atom stereocenters. The fourth-order valence-corrected chi connectivity index (χ4v) is 2.71. The van der Waals surface area contributed by atoms with E-state index in [9.17, 15) is 0 Å². The van der Waals surface area contributed by atoms with Gasteiger partial charge in [0.25, 0.3) is 0 Å². The highest BCUT2D eigenvalue weighted by Crippen LogP contribution is 2.22. The van der Waals surface area contributed by atoms with Gasteiger partial charge in [0.1, 0.15) is 12.4 Å². The van der Waals surface area contributed by atoms with Crippen LogP contribution in [0.1, 0.15) is 22.3 Å². The van der Waals surface area contributed by atoms with E-state index in [0.717, 1.165) is 27.6 Å². The van der Waals surface area contributed by atoms with Crippen molar-refractivity contribution in [2.45, 2.75) is 20.5 Å². The zero-order chi connectivity index (χ0) is 17.6. The standard InChI is InChI=1S/C22H20ClNO/c1-16-6-3-11-22(17(16)2)24-14-18-7-5-10-21(13-18)25-15-19-8-4-9-20(23)12-19/h3-14H,15H2,1-2H3. The molecule has 0 bridgehead atoms. The summed E-state index contributed by atoms with van der Waals surface area (Å²) in [5, 5.41) is 0.718. The number of aryl methyl sites for hydroxylation is 1. The molecule has 0 N–H and O–H groups in total. The van der Waals surface area contributed by atoms with E-state index in [1.54, 1.807) is 0 Å². The fraction of sp³-hybridized carbons (Fsp3) is 0.136. The predicted octanol–water partition coefficient (Wildman–Crippen LogP) is 6.29. The number of hydrogen-bond donors (Lipinski definition) is 0. The first kappa shape index (κ1) is 17.2. The number of hydrogen-bond acceptors (Lipinski definition) is 2. The third-order valence-electron chi connectivity index (χ3n) is 4.08. The van der Waals surface area contributed by atoms with Gasteiger partial charge in [-0.15, -0.1) is 0 Å². The third kappa shape index (κ3) is 4.71. The normalized spacial score (nSPS) is 11.0. The average Bonchev–Trinajstić information content (AvgIpc) is 2.62. The molecule has 0 fully saturated rings. The van der Waals surface area contributed by atoms with Gasteiger partial charge in [-0.05, 0) is 66.4 Å². The summed E-state index contributed by atoms with van der Waals surface area (Å²) in [5.41, 5.74) is 5.48. The number of benzene rings is 3. The van der Waals surface area contributed by atoms with Crippen molar-refractivity contribution in [3.63, 3.8) is 0 Å². The predicted molar refractivity (Wildman–Crippen MR) is 105 cm³/mol. The minimum atomic E-state index is 0.484. The first-order valence-electron chi connectivity index (χ1n) is 8.19. The van der Waals surface area contributed by atoms with Gasteiger partial charge in [0.2, 0.25) is 0 Å². The van der Waals surface area contributed by atoms with E-state index in [0.29, 0.717) is 6.61 Å². The van der Waals surface area contributed by atoms with Gasteiger partial charge in [-0.2, -0.15) is 0 Å². The lowest BCUT2D eigenvalue weighted by Gasteiger charge is -2.07. The maximum absolute atomic E-state index is 6.00. The van der Waals surface area contributed by atoms with Crippen LogP contribution in [0.2, 0.25) is 5.02 Å². The minimum Gasteiger partial charge on any atom is -0.489 e. The van der Waals surface area contributed by atoms with Crippen LogP contribution in [0.5, 0.6) is 5.75 Å². The molecule has 0 saturated carbocycles. The van der Waals surface area contributed by atoms with Gasteiger partial charge in [-0.3, -0.25) is 4.99 Å². The topological polar surface area (TPSA) is 21.6 Å². The Morgan fingerprint density at radius 3 is 2.60 bits per heavy atom. The summed E-state index contributed by atoms with van der Waals surface area (Å²) in [6.07, 6.45) is 1.87. The Morgan fingerprint density at radius 1 is 0.960 bits per heavy atom. The Bertz CT molecular complexity index is 902. The van der Waals surface area contributed by atoms with E-state index in [4.69, 9.17) is 16.3 Å². The molecule has 0 aliphatic carbocycles. The first-order chi connectivity index (χ1) is 12.1. The molecule has 0 unspecified atom stereocenters. The second kappa shape index (κ2) is 8.00. The minimum absolute atomic E-state index is 0.484. The molecular formula is C22H20ClNO. The summed E-state index contributed by atoms with van der Waals surface area (Å²) in [6, 6.07) is 21.8. The molecule has 0 radical (unpaired) electrons. The molecule has 3 aromatic rings. The van der Waals surface area contributed by atoms with Gasteiger partial charge < -0.3 is 4.74 Å². The molecule has 0 aliphatic heterocycles. The molecule has 0 heterocycles. The third-order valence-corrected chi connectivity index (χ3v) is 4.32. The van der Waals surface area contributed by atoms with E-state index >= 15 is 0 Å². The van der Waals surface area contributed by atoms with Crippen molar-refractivity contribution >= 4 is 23.5 Å². The highest BCUT2D eigenvalue weighted by molar-refractivity contribution is 6.30. The molecule has 25 heavy (non-hydrogen) atoms. The van der Waals surface area contributed by atoms with Gasteiger partial charge in [0.15, 0.2) is 0 Å². The number of halogens is 1. The number of ether oxygens (including phenoxy) is 1. The Labute approximate surface area is 153 Å². The van der Waals surface area contributed by atoms with Crippen LogP contribution >= 0.6 is 11.6 Å². The van der Waals surface area contributed by atoms with Crippen molar-refractivity contribution < 1.29 is 4.74 Å². The van der Waals surface area contributed by atoms with Crippen LogP contribution in [0.25, 0.3) is 0 Å². The molecule has 0 amide bonds. The van der Waals surface area contributed by atoms with Crippen LogP contribution in [0.4, 0.5) is 5.69 Å². The number of nitrogens with zero attached hydrogens (tertiary/aromatic N) is 1. The van der Waals surface area contributed by atoms with E-state index in [1.807, 2.05) is 66.9 Å². The molecular weight excluding hydrogens is 330 g/mol. The highest BCUT2D eigenvalue weighted by atomic mass is 35.5. The van der Waals surface area contributed by atoms with Crippen LogP contribution in [-0.4, -0.2) is 6.21 Å². The monoisotopic (exact) mass is 349 g/mol. The zero-order valence-electron chi connectivity index (χ0n) is 14.4. The molecule has 0 spiro atoms. The highest BCUT2D eigenvalue weighted by Gasteiger charge is 2.00. The zero-order valence-corrected chi connectivity index (χ0v) is 15.1. The Hall–Kier alpha value is -2.58. The largest absolute Gasteiger partial charge is 0.489 e. The van der Waals surface area contributed by atoms with E-state index in [1.165, 1.54) is 11.1 Å². The lowest BCUT2D eigenvalue weighted by Crippen LogP contribution is -1.95. The lowest BCUT2D eigenvalue weighted by atomic mass is 10.1. The summed E-state index contributed by atoms with van der Waals surface area (Å²) < 4.78 is 5.86. The Balaban J connectivity index is 1.71.